The molecule has 4 rings (SSSR count). The maximum absolute atomic E-state index is 12.6. The summed E-state index contributed by atoms with van der Waals surface area (Å²) in [6.07, 6.45) is 5.08. The van der Waals surface area contributed by atoms with Gasteiger partial charge in [0.2, 0.25) is 5.91 Å². The van der Waals surface area contributed by atoms with Gasteiger partial charge in [-0.05, 0) is 54.0 Å². The van der Waals surface area contributed by atoms with Crippen molar-refractivity contribution in [3.8, 4) is 0 Å². The molecule has 144 valence electrons. The molecule has 0 radical (unpaired) electrons. The molecule has 1 aliphatic carbocycles. The number of esters is 1. The fourth-order valence-corrected chi connectivity index (χ4v) is 5.21. The fraction of sp³-hybridized carbons (Fsp3) is 0.304. The van der Waals surface area contributed by atoms with Gasteiger partial charge in [-0.15, -0.1) is 11.3 Å². The van der Waals surface area contributed by atoms with Crippen LogP contribution >= 0.6 is 11.3 Å². The molecule has 2 aromatic carbocycles. The Balaban J connectivity index is 1.51. The Labute approximate surface area is 168 Å². The van der Waals surface area contributed by atoms with Gasteiger partial charge in [0.1, 0.15) is 5.00 Å². The third-order valence-corrected chi connectivity index (χ3v) is 6.52. The third-order valence-electron chi connectivity index (χ3n) is 5.32. The molecule has 1 aliphatic rings. The van der Waals surface area contributed by atoms with Gasteiger partial charge in [0.25, 0.3) is 0 Å². The SMILES string of the molecule is COC(=O)c1c(NC(=O)CCc2cccc3ccccc23)sc2c1CCCC2. The van der Waals surface area contributed by atoms with Gasteiger partial charge < -0.3 is 10.1 Å². The van der Waals surface area contributed by atoms with Crippen LogP contribution in [0.15, 0.2) is 42.5 Å². The smallest absolute Gasteiger partial charge is 0.341 e. The van der Waals surface area contributed by atoms with Crippen LogP contribution in [0.5, 0.6) is 0 Å². The van der Waals surface area contributed by atoms with Gasteiger partial charge in [-0.1, -0.05) is 42.5 Å². The lowest BCUT2D eigenvalue weighted by Crippen LogP contribution is -2.15. The van der Waals surface area contributed by atoms with Crippen molar-refractivity contribution < 1.29 is 14.3 Å². The lowest BCUT2D eigenvalue weighted by atomic mass is 9.95. The molecule has 0 atom stereocenters. The van der Waals surface area contributed by atoms with E-state index in [0.717, 1.165) is 36.8 Å². The first-order valence-electron chi connectivity index (χ1n) is 9.66. The highest BCUT2D eigenvalue weighted by atomic mass is 32.1. The Morgan fingerprint density at radius 1 is 1.07 bits per heavy atom. The van der Waals surface area contributed by atoms with E-state index in [2.05, 4.69) is 29.6 Å². The van der Waals surface area contributed by atoms with Gasteiger partial charge in [-0.25, -0.2) is 4.79 Å². The molecular weight excluding hydrogens is 370 g/mol. The average molecular weight is 394 g/mol. The zero-order valence-electron chi connectivity index (χ0n) is 15.9. The molecule has 1 heterocycles. The predicted octanol–water partition coefficient (Wildman–Crippen LogP) is 5.14. The highest BCUT2D eigenvalue weighted by Gasteiger charge is 2.26. The number of methoxy groups -OCH3 is 1. The largest absolute Gasteiger partial charge is 0.465 e. The highest BCUT2D eigenvalue weighted by Crippen LogP contribution is 2.38. The van der Waals surface area contributed by atoms with Crippen molar-refractivity contribution in [3.63, 3.8) is 0 Å². The second-order valence-electron chi connectivity index (χ2n) is 7.09. The normalized spacial score (nSPS) is 13.2. The molecule has 1 aromatic heterocycles. The van der Waals surface area contributed by atoms with Gasteiger partial charge in [0, 0.05) is 11.3 Å². The first kappa shape index (κ1) is 18.7. The third kappa shape index (κ3) is 3.67. The van der Waals surface area contributed by atoms with E-state index in [1.165, 1.54) is 34.1 Å². The molecule has 0 fully saturated rings. The number of nitrogens with one attached hydrogen (secondary N) is 1. The Kier molecular flexibility index (Phi) is 5.44. The number of aryl methyl sites for hydroxylation is 2. The summed E-state index contributed by atoms with van der Waals surface area (Å²) in [6.45, 7) is 0. The monoisotopic (exact) mass is 393 g/mol. The van der Waals surface area contributed by atoms with Crippen LogP contribution in [0.2, 0.25) is 0 Å². The van der Waals surface area contributed by atoms with Crippen LogP contribution in [0.3, 0.4) is 0 Å². The van der Waals surface area contributed by atoms with Crippen LogP contribution in [0.1, 0.15) is 45.6 Å². The zero-order chi connectivity index (χ0) is 19.5. The number of carbonyl (C=O) groups excluding carboxylic acids is 2. The summed E-state index contributed by atoms with van der Waals surface area (Å²) in [5.41, 5.74) is 2.78. The topological polar surface area (TPSA) is 55.4 Å². The molecule has 1 amide bonds. The number of amides is 1. The number of carbonyl (C=O) groups is 2. The minimum absolute atomic E-state index is 0.0725. The molecule has 1 N–H and O–H groups in total. The van der Waals surface area contributed by atoms with E-state index in [4.69, 9.17) is 4.74 Å². The maximum atomic E-state index is 12.6. The first-order valence-corrected chi connectivity index (χ1v) is 10.5. The van der Waals surface area contributed by atoms with Crippen LogP contribution < -0.4 is 5.32 Å². The van der Waals surface area contributed by atoms with Gasteiger partial charge in [0.15, 0.2) is 0 Å². The lowest BCUT2D eigenvalue weighted by Gasteiger charge is -2.11. The van der Waals surface area contributed by atoms with Crippen molar-refractivity contribution in [2.75, 3.05) is 12.4 Å². The number of benzene rings is 2. The average Bonchev–Trinajstić information content (AvgIpc) is 3.09. The van der Waals surface area contributed by atoms with Gasteiger partial charge in [0.05, 0.1) is 12.7 Å². The van der Waals surface area contributed by atoms with Crippen LogP contribution in [0.25, 0.3) is 10.8 Å². The van der Waals surface area contributed by atoms with Crippen LogP contribution in [0.4, 0.5) is 5.00 Å². The van der Waals surface area contributed by atoms with Crippen molar-refractivity contribution in [3.05, 3.63) is 64.0 Å². The summed E-state index contributed by atoms with van der Waals surface area (Å²) in [5.74, 6) is -0.430. The molecule has 0 spiro atoms. The van der Waals surface area contributed by atoms with E-state index in [1.807, 2.05) is 18.2 Å². The number of thiophene rings is 1. The molecular formula is C23H23NO3S. The number of hydrogen-bond donors (Lipinski definition) is 1. The zero-order valence-corrected chi connectivity index (χ0v) is 16.7. The molecule has 5 heteroatoms. The summed E-state index contributed by atoms with van der Waals surface area (Å²) in [7, 11) is 1.39. The van der Waals surface area contributed by atoms with E-state index in [9.17, 15) is 9.59 Å². The van der Waals surface area contributed by atoms with Gasteiger partial charge in [-0.3, -0.25) is 4.79 Å². The molecule has 0 unspecified atom stereocenters. The Morgan fingerprint density at radius 3 is 2.71 bits per heavy atom. The van der Waals surface area contributed by atoms with E-state index in [0.29, 0.717) is 23.4 Å². The minimum Gasteiger partial charge on any atom is -0.465 e. The first-order chi connectivity index (χ1) is 13.7. The number of hydrogen-bond acceptors (Lipinski definition) is 4. The van der Waals surface area contributed by atoms with E-state index < -0.39 is 0 Å². The molecule has 4 nitrogen and oxygen atoms in total. The van der Waals surface area contributed by atoms with Crippen molar-refractivity contribution in [1.29, 1.82) is 0 Å². The summed E-state index contributed by atoms with van der Waals surface area (Å²) < 4.78 is 4.98. The van der Waals surface area contributed by atoms with Gasteiger partial charge >= 0.3 is 5.97 Å². The Morgan fingerprint density at radius 2 is 1.86 bits per heavy atom. The fourth-order valence-electron chi connectivity index (χ4n) is 3.92. The van der Waals surface area contributed by atoms with Crippen molar-refractivity contribution in [2.24, 2.45) is 0 Å². The minimum atomic E-state index is -0.358. The standard InChI is InChI=1S/C23H23NO3S/c1-27-23(26)21-18-11-4-5-12-19(18)28-22(21)24-20(25)14-13-16-9-6-8-15-7-2-3-10-17(15)16/h2-3,6-10H,4-5,11-14H2,1H3,(H,24,25). The quantitative estimate of drug-likeness (QED) is 0.611. The van der Waals surface area contributed by atoms with E-state index in [-0.39, 0.29) is 11.9 Å². The number of rotatable bonds is 5. The Bertz CT molecular complexity index is 1030. The van der Waals surface area contributed by atoms with Crippen molar-refractivity contribution in [1.82, 2.24) is 0 Å². The van der Waals surface area contributed by atoms with Crippen molar-refractivity contribution in [2.45, 2.75) is 38.5 Å². The summed E-state index contributed by atoms with van der Waals surface area (Å²) in [6, 6.07) is 14.4. The van der Waals surface area contributed by atoms with Crippen LogP contribution in [0, 0.1) is 0 Å². The summed E-state index contributed by atoms with van der Waals surface area (Å²) >= 11 is 1.53. The Hall–Kier alpha value is -2.66. The van der Waals surface area contributed by atoms with Gasteiger partial charge in [-0.2, -0.15) is 0 Å². The molecule has 0 saturated heterocycles. The highest BCUT2D eigenvalue weighted by molar-refractivity contribution is 7.17. The van der Waals surface area contributed by atoms with E-state index in [1.54, 1.807) is 0 Å². The van der Waals surface area contributed by atoms with Crippen LogP contribution in [-0.4, -0.2) is 19.0 Å². The molecule has 0 saturated carbocycles. The van der Waals surface area contributed by atoms with E-state index >= 15 is 0 Å². The number of ether oxygens (including phenoxy) is 1. The maximum Gasteiger partial charge on any atom is 0.341 e. The molecule has 0 aliphatic heterocycles. The summed E-state index contributed by atoms with van der Waals surface area (Å²) in [4.78, 5) is 26.2. The predicted molar refractivity (Wildman–Crippen MR) is 113 cm³/mol. The van der Waals surface area contributed by atoms with Crippen LogP contribution in [-0.2, 0) is 28.8 Å². The molecule has 3 aromatic rings. The molecule has 0 bridgehead atoms. The number of anilines is 1. The summed E-state index contributed by atoms with van der Waals surface area (Å²) in [5, 5.41) is 5.98. The lowest BCUT2D eigenvalue weighted by molar-refractivity contribution is -0.116. The molecule has 28 heavy (non-hydrogen) atoms. The number of fused-ring (bicyclic) bond motifs is 2. The van der Waals surface area contributed by atoms with Crippen molar-refractivity contribution >= 4 is 39.0 Å². The second kappa shape index (κ2) is 8.15. The second-order valence-corrected chi connectivity index (χ2v) is 8.20.